The number of nitrogens with zero attached hydrogens (tertiary/aromatic N) is 6. The van der Waals surface area contributed by atoms with Crippen molar-refractivity contribution < 1.29 is 0 Å². The number of nitrogens with two attached hydrogens (primary N) is 2. The zero-order valence-electron chi connectivity index (χ0n) is 16.1. The molecule has 9 heteroatoms. The molecule has 3 heterocycles. The summed E-state index contributed by atoms with van der Waals surface area (Å²) in [6.45, 7) is 6.65. The van der Waals surface area contributed by atoms with Gasteiger partial charge < -0.3 is 16.1 Å². The Morgan fingerprint density at radius 3 is 2.79 bits per heavy atom. The molecule has 0 aliphatic rings. The first-order valence-electron chi connectivity index (χ1n) is 8.92. The number of hydrazine groups is 1. The minimum absolute atomic E-state index is 0.188. The third-order valence-electron chi connectivity index (χ3n) is 4.07. The molecule has 0 atom stereocenters. The summed E-state index contributed by atoms with van der Waals surface area (Å²) in [5.74, 6) is 6.44. The van der Waals surface area contributed by atoms with E-state index in [2.05, 4.69) is 26.5 Å². The molecule has 0 bridgehead atoms. The van der Waals surface area contributed by atoms with E-state index >= 15 is 0 Å². The number of rotatable bonds is 6. The van der Waals surface area contributed by atoms with Crippen LogP contribution in [-0.4, -0.2) is 37.3 Å². The molecule has 28 heavy (non-hydrogen) atoms. The molecule has 0 aliphatic carbocycles. The highest BCUT2D eigenvalue weighted by Gasteiger charge is 2.14. The van der Waals surface area contributed by atoms with E-state index in [4.69, 9.17) is 16.8 Å². The van der Waals surface area contributed by atoms with Crippen LogP contribution in [0.4, 0.5) is 5.69 Å². The molecule has 0 aliphatic heterocycles. The number of hydrogen-bond acceptors (Lipinski definition) is 8. The van der Waals surface area contributed by atoms with Crippen molar-refractivity contribution in [2.24, 2.45) is 11.6 Å². The van der Waals surface area contributed by atoms with Gasteiger partial charge in [0.1, 0.15) is 6.07 Å². The minimum Gasteiger partial charge on any atom is -0.397 e. The molecule has 0 spiro atoms. The van der Waals surface area contributed by atoms with E-state index in [0.717, 1.165) is 16.6 Å². The molecule has 0 unspecified atom stereocenters. The number of fused-ring (bicyclic) bond motifs is 1. The van der Waals surface area contributed by atoms with Crippen molar-refractivity contribution in [3.8, 4) is 11.9 Å². The van der Waals surface area contributed by atoms with Crippen molar-refractivity contribution in [2.75, 3.05) is 11.9 Å². The van der Waals surface area contributed by atoms with Crippen LogP contribution in [-0.2, 0) is 0 Å². The summed E-state index contributed by atoms with van der Waals surface area (Å²) in [4.78, 5) is 8.86. The molecule has 0 saturated carbocycles. The molecule has 0 aromatic carbocycles. The Bertz CT molecular complexity index is 1060. The number of anilines is 1. The monoisotopic (exact) mass is 377 g/mol. The fraction of sp³-hybridized carbons (Fsp3) is 0.263. The van der Waals surface area contributed by atoms with Crippen LogP contribution in [0.2, 0.25) is 0 Å². The zero-order chi connectivity index (χ0) is 20.3. The third kappa shape index (κ3) is 3.87. The van der Waals surface area contributed by atoms with Gasteiger partial charge in [0, 0.05) is 53.9 Å². The second kappa shape index (κ2) is 7.94. The Morgan fingerprint density at radius 1 is 1.32 bits per heavy atom. The van der Waals surface area contributed by atoms with Crippen molar-refractivity contribution >= 4 is 22.4 Å². The number of nitriles is 1. The molecular weight excluding hydrogens is 354 g/mol. The molecular formula is C19H23N9. The van der Waals surface area contributed by atoms with Crippen LogP contribution in [0.25, 0.3) is 22.5 Å². The topological polar surface area (TPSA) is 135 Å². The molecule has 9 nitrogen and oxygen atoms in total. The molecule has 0 amide bonds. The first kappa shape index (κ1) is 19.1. The Hall–Kier alpha value is -3.64. The number of pyridine rings is 2. The molecule has 144 valence electrons. The summed E-state index contributed by atoms with van der Waals surface area (Å²) in [5.41, 5.74) is 9.41. The maximum absolute atomic E-state index is 9.04. The van der Waals surface area contributed by atoms with E-state index < -0.39 is 0 Å². The summed E-state index contributed by atoms with van der Waals surface area (Å²) < 4.78 is 1.63. The molecule has 5 N–H and O–H groups in total. The zero-order valence-corrected chi connectivity index (χ0v) is 16.1. The Morgan fingerprint density at radius 2 is 2.11 bits per heavy atom. The lowest BCUT2D eigenvalue weighted by Crippen LogP contribution is -2.26. The average molecular weight is 377 g/mol. The first-order valence-corrected chi connectivity index (χ1v) is 8.92. The van der Waals surface area contributed by atoms with E-state index in [9.17, 15) is 0 Å². The SMILES string of the molecule is CCN(N)/C=C(\N)c1cnc(-n2ncc3cc(C#N)cnc32)cc1NC(C)C. The predicted octanol–water partition coefficient (Wildman–Crippen LogP) is 1.96. The van der Waals surface area contributed by atoms with Gasteiger partial charge in [-0.2, -0.15) is 15.0 Å². The largest absolute Gasteiger partial charge is 0.397 e. The minimum atomic E-state index is 0.188. The number of aromatic nitrogens is 4. The van der Waals surface area contributed by atoms with Gasteiger partial charge in [-0.05, 0) is 26.8 Å². The summed E-state index contributed by atoms with van der Waals surface area (Å²) in [6.07, 6.45) is 6.54. The average Bonchev–Trinajstić information content (AvgIpc) is 3.10. The van der Waals surface area contributed by atoms with E-state index in [1.807, 2.05) is 26.8 Å². The lowest BCUT2D eigenvalue weighted by Gasteiger charge is -2.18. The summed E-state index contributed by atoms with van der Waals surface area (Å²) in [6, 6.07) is 5.88. The van der Waals surface area contributed by atoms with Crippen LogP contribution in [0, 0.1) is 11.3 Å². The van der Waals surface area contributed by atoms with E-state index in [1.54, 1.807) is 29.3 Å². The highest BCUT2D eigenvalue weighted by molar-refractivity contribution is 5.79. The quantitative estimate of drug-likeness (QED) is 0.438. The van der Waals surface area contributed by atoms with Gasteiger partial charge in [-0.25, -0.2) is 15.8 Å². The molecule has 0 fully saturated rings. The van der Waals surface area contributed by atoms with Gasteiger partial charge in [0.25, 0.3) is 0 Å². The van der Waals surface area contributed by atoms with Crippen LogP contribution in [0.5, 0.6) is 0 Å². The lowest BCUT2D eigenvalue weighted by molar-refractivity contribution is 0.418. The normalized spacial score (nSPS) is 11.6. The maximum atomic E-state index is 9.04. The van der Waals surface area contributed by atoms with Gasteiger partial charge >= 0.3 is 0 Å². The fourth-order valence-corrected chi connectivity index (χ4v) is 2.71. The van der Waals surface area contributed by atoms with Crippen molar-refractivity contribution in [1.82, 2.24) is 24.8 Å². The van der Waals surface area contributed by atoms with Crippen molar-refractivity contribution in [1.29, 1.82) is 5.26 Å². The maximum Gasteiger partial charge on any atom is 0.164 e. The predicted molar refractivity (Wildman–Crippen MR) is 109 cm³/mol. The van der Waals surface area contributed by atoms with Crippen molar-refractivity contribution in [3.63, 3.8) is 0 Å². The summed E-state index contributed by atoms with van der Waals surface area (Å²) >= 11 is 0. The number of nitrogens with one attached hydrogen (secondary N) is 1. The van der Waals surface area contributed by atoms with E-state index in [0.29, 0.717) is 29.3 Å². The van der Waals surface area contributed by atoms with Gasteiger partial charge in [-0.15, -0.1) is 0 Å². The second-order valence-corrected chi connectivity index (χ2v) is 6.61. The summed E-state index contributed by atoms with van der Waals surface area (Å²) in [5, 5.41) is 19.1. The Kier molecular flexibility index (Phi) is 5.42. The van der Waals surface area contributed by atoms with Gasteiger partial charge in [0.05, 0.1) is 17.5 Å². The van der Waals surface area contributed by atoms with Crippen LogP contribution < -0.4 is 16.9 Å². The standard InChI is InChI=1S/C19H23N9/c1-4-27(22)11-16(21)15-10-23-18(6-17(15)26-12(2)3)28-19-14(9-25-28)5-13(7-20)8-24-19/h5-6,8-12H,4,21-22H2,1-3H3,(H,23,26)/b16-11-. The third-order valence-corrected chi connectivity index (χ3v) is 4.07. The first-order chi connectivity index (χ1) is 13.4. The van der Waals surface area contributed by atoms with Gasteiger partial charge in [0.2, 0.25) is 0 Å². The van der Waals surface area contributed by atoms with E-state index in [1.165, 1.54) is 11.2 Å². The number of hydrogen-bond donors (Lipinski definition) is 3. The van der Waals surface area contributed by atoms with E-state index in [-0.39, 0.29) is 6.04 Å². The van der Waals surface area contributed by atoms with Crippen LogP contribution in [0.3, 0.4) is 0 Å². The van der Waals surface area contributed by atoms with Crippen LogP contribution in [0.15, 0.2) is 36.9 Å². The summed E-state index contributed by atoms with van der Waals surface area (Å²) in [7, 11) is 0. The molecule has 3 aromatic rings. The van der Waals surface area contributed by atoms with Gasteiger partial charge in [-0.3, -0.25) is 0 Å². The molecule has 0 radical (unpaired) electrons. The second-order valence-electron chi connectivity index (χ2n) is 6.61. The Labute approximate surface area is 163 Å². The van der Waals surface area contributed by atoms with Crippen LogP contribution >= 0.6 is 0 Å². The Balaban J connectivity index is 2.09. The lowest BCUT2D eigenvalue weighted by atomic mass is 10.1. The molecule has 0 saturated heterocycles. The van der Waals surface area contributed by atoms with Crippen molar-refractivity contribution in [3.05, 3.63) is 48.1 Å². The highest BCUT2D eigenvalue weighted by atomic mass is 15.4. The van der Waals surface area contributed by atoms with Crippen molar-refractivity contribution in [2.45, 2.75) is 26.8 Å². The van der Waals surface area contributed by atoms with Gasteiger partial charge in [-0.1, -0.05) is 0 Å². The fourth-order valence-electron chi connectivity index (χ4n) is 2.71. The molecule has 3 aromatic heterocycles. The van der Waals surface area contributed by atoms with Crippen LogP contribution in [0.1, 0.15) is 31.9 Å². The smallest absolute Gasteiger partial charge is 0.164 e. The highest BCUT2D eigenvalue weighted by Crippen LogP contribution is 2.25. The van der Waals surface area contributed by atoms with Gasteiger partial charge in [0.15, 0.2) is 11.5 Å². The molecule has 3 rings (SSSR count).